The lowest BCUT2D eigenvalue weighted by atomic mass is 9.68. The fourth-order valence-electron chi connectivity index (χ4n) is 3.78. The van der Waals surface area contributed by atoms with Gasteiger partial charge in [0.1, 0.15) is 12.2 Å². The van der Waals surface area contributed by atoms with E-state index in [0.29, 0.717) is 25.7 Å². The molecule has 0 radical (unpaired) electrons. The molecule has 7 heteroatoms. The smallest absolute Gasteiger partial charge is 0.251 e. The number of rotatable bonds is 3. The molecule has 0 aromatic rings. The van der Waals surface area contributed by atoms with Crippen LogP contribution >= 0.6 is 0 Å². The third-order valence-corrected chi connectivity index (χ3v) is 5.31. The standard InChI is InChI=1S/C16H25N3O4/c1-19(2)15(22)11-5-4-10(23-11)14(21)17-12-6-7-13(20)18-16(12)8-3-9-16/h10-12H,3-9H2,1-2H3,(H,17,21)(H,18,20)/t10-,11+,12?/m0/s1. The quantitative estimate of drug-likeness (QED) is 0.762. The molecule has 1 spiro atoms. The minimum absolute atomic E-state index is 0.0337. The monoisotopic (exact) mass is 323 g/mol. The van der Waals surface area contributed by atoms with Gasteiger partial charge in [0.05, 0.1) is 11.6 Å². The van der Waals surface area contributed by atoms with E-state index in [1.54, 1.807) is 14.1 Å². The summed E-state index contributed by atoms with van der Waals surface area (Å²) in [6, 6.07) is -0.0337. The molecule has 1 aliphatic carbocycles. The lowest BCUT2D eigenvalue weighted by Gasteiger charge is -2.51. The van der Waals surface area contributed by atoms with E-state index in [2.05, 4.69) is 10.6 Å². The molecule has 3 rings (SSSR count). The predicted octanol–water partition coefficient (Wildman–Crippen LogP) is -0.0603. The molecule has 1 saturated carbocycles. The summed E-state index contributed by atoms with van der Waals surface area (Å²) in [4.78, 5) is 37.5. The van der Waals surface area contributed by atoms with Gasteiger partial charge in [0.2, 0.25) is 11.8 Å². The molecule has 3 amide bonds. The number of nitrogens with one attached hydrogen (secondary N) is 2. The zero-order valence-corrected chi connectivity index (χ0v) is 13.8. The summed E-state index contributed by atoms with van der Waals surface area (Å²) in [6.45, 7) is 0. The van der Waals surface area contributed by atoms with Gasteiger partial charge in [-0.25, -0.2) is 0 Å². The molecule has 3 fully saturated rings. The van der Waals surface area contributed by atoms with Crippen molar-refractivity contribution < 1.29 is 19.1 Å². The van der Waals surface area contributed by atoms with E-state index in [-0.39, 0.29) is 29.3 Å². The Kier molecular flexibility index (Phi) is 4.31. The molecule has 7 nitrogen and oxygen atoms in total. The minimum atomic E-state index is -0.571. The largest absolute Gasteiger partial charge is 0.355 e. The van der Waals surface area contributed by atoms with E-state index >= 15 is 0 Å². The molecule has 0 aromatic carbocycles. The molecule has 0 aromatic heterocycles. The van der Waals surface area contributed by atoms with Crippen LogP contribution in [-0.4, -0.2) is 60.5 Å². The number of hydrogen-bond acceptors (Lipinski definition) is 4. The van der Waals surface area contributed by atoms with Gasteiger partial charge in [-0.2, -0.15) is 0 Å². The van der Waals surface area contributed by atoms with Gasteiger partial charge in [-0.3, -0.25) is 14.4 Å². The lowest BCUT2D eigenvalue weighted by molar-refractivity contribution is -0.146. The highest BCUT2D eigenvalue weighted by Gasteiger charge is 2.49. The molecule has 2 heterocycles. The zero-order valence-electron chi connectivity index (χ0n) is 13.8. The second-order valence-electron chi connectivity index (χ2n) is 7.08. The van der Waals surface area contributed by atoms with Crippen molar-refractivity contribution in [1.82, 2.24) is 15.5 Å². The van der Waals surface area contributed by atoms with Gasteiger partial charge >= 0.3 is 0 Å². The maximum Gasteiger partial charge on any atom is 0.251 e. The van der Waals surface area contributed by atoms with E-state index in [1.165, 1.54) is 4.90 Å². The van der Waals surface area contributed by atoms with Crippen LogP contribution in [0.5, 0.6) is 0 Å². The second kappa shape index (κ2) is 6.11. The average molecular weight is 323 g/mol. The first-order valence-corrected chi connectivity index (χ1v) is 8.39. The van der Waals surface area contributed by atoms with Gasteiger partial charge in [-0.05, 0) is 38.5 Å². The Morgan fingerprint density at radius 3 is 2.52 bits per heavy atom. The van der Waals surface area contributed by atoms with Crippen molar-refractivity contribution >= 4 is 17.7 Å². The molecule has 23 heavy (non-hydrogen) atoms. The highest BCUT2D eigenvalue weighted by molar-refractivity contribution is 5.85. The number of piperidine rings is 1. The Balaban J connectivity index is 1.57. The summed E-state index contributed by atoms with van der Waals surface area (Å²) in [5.41, 5.74) is -0.261. The normalized spacial score (nSPS) is 32.1. The summed E-state index contributed by atoms with van der Waals surface area (Å²) in [5.74, 6) is -0.184. The van der Waals surface area contributed by atoms with Crippen molar-refractivity contribution in [2.45, 2.75) is 68.7 Å². The van der Waals surface area contributed by atoms with Gasteiger partial charge in [0.25, 0.3) is 5.91 Å². The first kappa shape index (κ1) is 16.2. The van der Waals surface area contributed by atoms with Gasteiger partial charge < -0.3 is 20.3 Å². The van der Waals surface area contributed by atoms with Crippen molar-refractivity contribution in [2.24, 2.45) is 0 Å². The van der Waals surface area contributed by atoms with Crippen LogP contribution in [0.4, 0.5) is 0 Å². The van der Waals surface area contributed by atoms with Gasteiger partial charge in [-0.1, -0.05) is 0 Å². The van der Waals surface area contributed by atoms with Crippen molar-refractivity contribution in [3.8, 4) is 0 Å². The number of carbonyl (C=O) groups excluding carboxylic acids is 3. The highest BCUT2D eigenvalue weighted by atomic mass is 16.5. The molecule has 2 N–H and O–H groups in total. The molecule has 3 aliphatic rings. The van der Waals surface area contributed by atoms with Crippen LogP contribution in [0.3, 0.4) is 0 Å². The molecular weight excluding hydrogens is 298 g/mol. The SMILES string of the molecule is CN(C)C(=O)[C@H]1CC[C@@H](C(=O)NC2CCC(=O)NC23CCC3)O1. The molecule has 0 bridgehead atoms. The fraction of sp³-hybridized carbons (Fsp3) is 0.812. The average Bonchev–Trinajstić information content (AvgIpc) is 2.96. The van der Waals surface area contributed by atoms with Crippen molar-refractivity contribution in [1.29, 1.82) is 0 Å². The summed E-state index contributed by atoms with van der Waals surface area (Å²) < 4.78 is 5.64. The zero-order chi connectivity index (χ0) is 16.6. The second-order valence-corrected chi connectivity index (χ2v) is 7.08. The van der Waals surface area contributed by atoms with Gasteiger partial charge in [0.15, 0.2) is 0 Å². The number of carbonyl (C=O) groups is 3. The summed E-state index contributed by atoms with van der Waals surface area (Å²) in [5, 5.41) is 6.12. The molecule has 3 atom stereocenters. The Labute approximate surface area is 136 Å². The fourth-order valence-corrected chi connectivity index (χ4v) is 3.78. The maximum atomic E-state index is 12.5. The van der Waals surface area contributed by atoms with Crippen molar-refractivity contribution in [2.75, 3.05) is 14.1 Å². The third-order valence-electron chi connectivity index (χ3n) is 5.31. The number of hydrogen-bond donors (Lipinski definition) is 2. The predicted molar refractivity (Wildman–Crippen MR) is 82.5 cm³/mol. The van der Waals surface area contributed by atoms with Crippen LogP contribution in [-0.2, 0) is 19.1 Å². The number of amides is 3. The number of likely N-dealkylation sites (N-methyl/N-ethyl adjacent to an activating group) is 1. The van der Waals surface area contributed by atoms with Crippen molar-refractivity contribution in [3.05, 3.63) is 0 Å². The van der Waals surface area contributed by atoms with Crippen molar-refractivity contribution in [3.63, 3.8) is 0 Å². The summed E-state index contributed by atoms with van der Waals surface area (Å²) in [6.07, 6.45) is 4.05. The van der Waals surface area contributed by atoms with Crippen LogP contribution in [0.2, 0.25) is 0 Å². The maximum absolute atomic E-state index is 12.5. The Hall–Kier alpha value is -1.63. The van der Waals surface area contributed by atoms with E-state index in [4.69, 9.17) is 4.74 Å². The molecule has 2 aliphatic heterocycles. The third kappa shape index (κ3) is 3.06. The Bertz CT molecular complexity index is 515. The van der Waals surface area contributed by atoms with Gasteiger partial charge in [0, 0.05) is 20.5 Å². The van der Waals surface area contributed by atoms with E-state index < -0.39 is 12.2 Å². The van der Waals surface area contributed by atoms with E-state index in [0.717, 1.165) is 19.3 Å². The lowest BCUT2D eigenvalue weighted by Crippen LogP contribution is -2.69. The van der Waals surface area contributed by atoms with E-state index in [1.807, 2.05) is 0 Å². The Morgan fingerprint density at radius 1 is 1.22 bits per heavy atom. The summed E-state index contributed by atoms with van der Waals surface area (Å²) >= 11 is 0. The molecule has 2 saturated heterocycles. The van der Waals surface area contributed by atoms with E-state index in [9.17, 15) is 14.4 Å². The molecular formula is C16H25N3O4. The minimum Gasteiger partial charge on any atom is -0.355 e. The van der Waals surface area contributed by atoms with Crippen LogP contribution in [0.1, 0.15) is 44.9 Å². The highest BCUT2D eigenvalue weighted by Crippen LogP contribution is 2.39. The van der Waals surface area contributed by atoms with Crippen LogP contribution in [0.25, 0.3) is 0 Å². The van der Waals surface area contributed by atoms with Gasteiger partial charge in [-0.15, -0.1) is 0 Å². The Morgan fingerprint density at radius 2 is 1.91 bits per heavy atom. The number of nitrogens with zero attached hydrogens (tertiary/aromatic N) is 1. The topological polar surface area (TPSA) is 87.7 Å². The molecule has 128 valence electrons. The molecule has 1 unspecified atom stereocenters. The van der Waals surface area contributed by atoms with Crippen LogP contribution in [0, 0.1) is 0 Å². The van der Waals surface area contributed by atoms with Crippen LogP contribution in [0.15, 0.2) is 0 Å². The van der Waals surface area contributed by atoms with Crippen LogP contribution < -0.4 is 10.6 Å². The first-order valence-electron chi connectivity index (χ1n) is 8.39. The summed E-state index contributed by atoms with van der Waals surface area (Å²) in [7, 11) is 3.37. The number of ether oxygens (including phenoxy) is 1. The first-order chi connectivity index (χ1) is 10.9.